The zero-order valence-electron chi connectivity index (χ0n) is 24.9. The Kier molecular flexibility index (Phi) is 14.8. The number of halogens is 1. The minimum absolute atomic E-state index is 0.233. The monoisotopic (exact) mass is 567 g/mol. The third kappa shape index (κ3) is 12.7. The summed E-state index contributed by atoms with van der Waals surface area (Å²) in [5, 5.41) is 6.89. The first kappa shape index (κ1) is 33.1. The van der Waals surface area contributed by atoms with E-state index in [1.54, 1.807) is 7.05 Å². The number of aliphatic imine (C=N–C) groups is 1. The number of allylic oxidation sites excluding steroid dienone is 6. The van der Waals surface area contributed by atoms with Crippen molar-refractivity contribution in [3.05, 3.63) is 154 Å². The lowest BCUT2D eigenvalue weighted by molar-refractivity contribution is 0.801. The number of hydrogen-bond donors (Lipinski definition) is 2. The second-order valence-electron chi connectivity index (χ2n) is 9.79. The zero-order chi connectivity index (χ0) is 30.0. The second kappa shape index (κ2) is 18.3. The van der Waals surface area contributed by atoms with Crippen LogP contribution < -0.4 is 10.6 Å². The van der Waals surface area contributed by atoms with Crippen LogP contribution in [0.2, 0.25) is 0 Å². The number of benzene rings is 3. The van der Waals surface area contributed by atoms with Gasteiger partial charge in [-0.1, -0.05) is 104 Å². The molecule has 0 saturated carbocycles. The number of aryl methyl sites for hydroxylation is 1. The van der Waals surface area contributed by atoms with E-state index in [-0.39, 0.29) is 12.1 Å². The number of hydrogen-bond acceptors (Lipinski definition) is 4. The van der Waals surface area contributed by atoms with Crippen molar-refractivity contribution >= 4 is 30.0 Å². The molecule has 2 N–H and O–H groups in total. The molecule has 41 heavy (non-hydrogen) atoms. The van der Waals surface area contributed by atoms with Crippen molar-refractivity contribution in [1.29, 1.82) is 0 Å². The molecule has 3 nitrogen and oxygen atoms in total. The fourth-order valence-corrected chi connectivity index (χ4v) is 4.09. The van der Waals surface area contributed by atoms with Crippen LogP contribution in [-0.2, 0) is 13.1 Å². The van der Waals surface area contributed by atoms with Crippen molar-refractivity contribution in [2.75, 3.05) is 7.05 Å². The number of nitrogens with zero attached hydrogens (tertiary/aromatic N) is 1. The SMILES string of the molecule is C=C(/C=C/c1ccccc1)NCc1cccc(CN/C(C)=C/C(=C)c2ccccc2C)c1.CN=CC(SF)=C(C)C. The van der Waals surface area contributed by atoms with Crippen molar-refractivity contribution < 1.29 is 3.89 Å². The van der Waals surface area contributed by atoms with Gasteiger partial charge in [-0.25, -0.2) is 0 Å². The van der Waals surface area contributed by atoms with Crippen LogP contribution in [0.25, 0.3) is 11.6 Å². The molecular weight excluding hydrogens is 525 g/mol. The summed E-state index contributed by atoms with van der Waals surface area (Å²) in [6, 6.07) is 27.2. The summed E-state index contributed by atoms with van der Waals surface area (Å²) < 4.78 is 11.9. The fourth-order valence-electron chi connectivity index (χ4n) is 3.79. The van der Waals surface area contributed by atoms with Crippen LogP contribution in [0.5, 0.6) is 0 Å². The van der Waals surface area contributed by atoms with Crippen molar-refractivity contribution in [2.45, 2.75) is 40.8 Å². The van der Waals surface area contributed by atoms with Gasteiger partial charge in [0.05, 0.1) is 17.1 Å². The highest BCUT2D eigenvalue weighted by atomic mass is 32.2. The number of rotatable bonds is 12. The molecule has 0 spiro atoms. The van der Waals surface area contributed by atoms with Crippen LogP contribution >= 0.6 is 12.1 Å². The molecule has 0 radical (unpaired) electrons. The Hall–Kier alpha value is -4.09. The molecule has 0 amide bonds. The highest BCUT2D eigenvalue weighted by molar-refractivity contribution is 7.99. The maximum absolute atomic E-state index is 11.9. The predicted molar refractivity (Wildman–Crippen MR) is 180 cm³/mol. The highest BCUT2D eigenvalue weighted by Gasteiger charge is 2.01. The van der Waals surface area contributed by atoms with Crippen LogP contribution in [0.1, 0.15) is 48.6 Å². The van der Waals surface area contributed by atoms with Gasteiger partial charge in [0.2, 0.25) is 0 Å². The standard InChI is InChI=1S/C30H32N2.C6H10FNS/c1-23-11-8-9-16-30(23)24(2)19-26(4)32-22-29-15-10-14-28(20-29)21-31-25(3)17-18-27-12-6-5-7-13-27;1-5(2)6(9-7)4-8-3/h5-20,31-32H,2-3,21-22H2,1,4H3;4H,1-3H3/b18-17+,26-19+;. The van der Waals surface area contributed by atoms with E-state index in [2.05, 4.69) is 115 Å². The Morgan fingerprint density at radius 3 is 2.10 bits per heavy atom. The molecule has 0 aliphatic rings. The second-order valence-corrected chi connectivity index (χ2v) is 10.4. The van der Waals surface area contributed by atoms with E-state index in [1.807, 2.05) is 38.1 Å². The lowest BCUT2D eigenvalue weighted by atomic mass is 10.0. The molecule has 3 rings (SSSR count). The van der Waals surface area contributed by atoms with Crippen LogP contribution in [0.3, 0.4) is 0 Å². The van der Waals surface area contributed by atoms with E-state index in [0.717, 1.165) is 41.2 Å². The largest absolute Gasteiger partial charge is 0.384 e. The van der Waals surface area contributed by atoms with Crippen molar-refractivity contribution in [3.8, 4) is 0 Å². The lowest BCUT2D eigenvalue weighted by Gasteiger charge is -2.11. The van der Waals surface area contributed by atoms with Crippen LogP contribution in [0.4, 0.5) is 3.89 Å². The summed E-state index contributed by atoms with van der Waals surface area (Å²) >= 11 is 0.233. The Labute approximate surface area is 250 Å². The van der Waals surface area contributed by atoms with E-state index >= 15 is 0 Å². The highest BCUT2D eigenvalue weighted by Crippen LogP contribution is 2.19. The molecule has 3 aromatic rings. The number of nitrogens with one attached hydrogen (secondary N) is 2. The first-order valence-corrected chi connectivity index (χ1v) is 14.2. The van der Waals surface area contributed by atoms with Gasteiger partial charge in [-0.3, -0.25) is 4.99 Å². The van der Waals surface area contributed by atoms with Gasteiger partial charge in [-0.05, 0) is 73.2 Å². The van der Waals surface area contributed by atoms with Crippen molar-refractivity contribution in [1.82, 2.24) is 10.6 Å². The molecule has 0 fully saturated rings. The van der Waals surface area contributed by atoms with Gasteiger partial charge in [0, 0.05) is 37.7 Å². The third-order valence-electron chi connectivity index (χ3n) is 6.06. The smallest absolute Gasteiger partial charge is 0.0827 e. The fraction of sp³-hybridized carbons (Fsp3) is 0.194. The Balaban J connectivity index is 0.000000564. The Morgan fingerprint density at radius 2 is 1.51 bits per heavy atom. The van der Waals surface area contributed by atoms with Gasteiger partial charge in [-0.2, -0.15) is 3.89 Å². The van der Waals surface area contributed by atoms with Gasteiger partial charge in [0.15, 0.2) is 0 Å². The Bertz CT molecular complexity index is 1400. The molecule has 0 bridgehead atoms. The summed E-state index contributed by atoms with van der Waals surface area (Å²) in [5.74, 6) is 0. The maximum Gasteiger partial charge on any atom is 0.0827 e. The molecule has 0 atom stereocenters. The van der Waals surface area contributed by atoms with Gasteiger partial charge >= 0.3 is 0 Å². The average molecular weight is 568 g/mol. The first-order valence-electron chi connectivity index (χ1n) is 13.5. The first-order chi connectivity index (χ1) is 19.7. The third-order valence-corrected chi connectivity index (χ3v) is 6.74. The van der Waals surface area contributed by atoms with Crippen LogP contribution in [0, 0.1) is 6.92 Å². The van der Waals surface area contributed by atoms with Crippen LogP contribution in [-0.4, -0.2) is 13.3 Å². The van der Waals surface area contributed by atoms with Gasteiger partial charge in [0.1, 0.15) is 0 Å². The minimum Gasteiger partial charge on any atom is -0.384 e. The quantitative estimate of drug-likeness (QED) is 0.169. The topological polar surface area (TPSA) is 36.4 Å². The van der Waals surface area contributed by atoms with Crippen molar-refractivity contribution in [2.24, 2.45) is 4.99 Å². The molecule has 0 saturated heterocycles. The molecule has 5 heteroatoms. The molecular formula is C36H42FN3S. The zero-order valence-corrected chi connectivity index (χ0v) is 25.7. The molecule has 0 aromatic heterocycles. The molecule has 214 valence electrons. The lowest BCUT2D eigenvalue weighted by Crippen LogP contribution is -2.13. The van der Waals surface area contributed by atoms with Gasteiger partial charge < -0.3 is 10.6 Å². The van der Waals surface area contributed by atoms with Gasteiger partial charge in [0.25, 0.3) is 0 Å². The maximum atomic E-state index is 11.9. The molecule has 0 heterocycles. The van der Waals surface area contributed by atoms with E-state index in [4.69, 9.17) is 0 Å². The van der Waals surface area contributed by atoms with Gasteiger partial charge in [-0.15, -0.1) is 0 Å². The predicted octanol–water partition coefficient (Wildman–Crippen LogP) is 9.62. The normalized spacial score (nSPS) is 11.1. The molecule has 0 aliphatic heterocycles. The van der Waals surface area contributed by atoms with Crippen molar-refractivity contribution in [3.63, 3.8) is 0 Å². The van der Waals surface area contributed by atoms with Crippen LogP contribution in [0.15, 0.2) is 131 Å². The summed E-state index contributed by atoms with van der Waals surface area (Å²) in [5.41, 5.74) is 10.0. The summed E-state index contributed by atoms with van der Waals surface area (Å²) in [4.78, 5) is 4.28. The average Bonchev–Trinajstić information content (AvgIpc) is 2.97. The molecule has 0 unspecified atom stereocenters. The summed E-state index contributed by atoms with van der Waals surface area (Å²) in [7, 11) is 1.62. The van der Waals surface area contributed by atoms with E-state index < -0.39 is 0 Å². The van der Waals surface area contributed by atoms with E-state index in [1.165, 1.54) is 28.5 Å². The Morgan fingerprint density at radius 1 is 0.878 bits per heavy atom. The summed E-state index contributed by atoms with van der Waals surface area (Å²) in [6.45, 7) is 17.7. The minimum atomic E-state index is 0.233. The summed E-state index contributed by atoms with van der Waals surface area (Å²) in [6.07, 6.45) is 7.70. The molecule has 0 aliphatic carbocycles. The molecule has 3 aromatic carbocycles. The van der Waals surface area contributed by atoms with E-state index in [9.17, 15) is 3.89 Å². The van der Waals surface area contributed by atoms with E-state index in [0.29, 0.717) is 4.91 Å².